The van der Waals surface area contributed by atoms with Crippen LogP contribution in [0.3, 0.4) is 0 Å². The van der Waals surface area contributed by atoms with Crippen molar-refractivity contribution in [3.05, 3.63) is 81.3 Å². The number of amides is 1. The fourth-order valence-corrected chi connectivity index (χ4v) is 3.02. The van der Waals surface area contributed by atoms with Crippen molar-refractivity contribution < 1.29 is 4.79 Å². The van der Waals surface area contributed by atoms with Crippen LogP contribution in [-0.2, 0) is 11.2 Å². The third kappa shape index (κ3) is 4.02. The summed E-state index contributed by atoms with van der Waals surface area (Å²) in [5.74, 6) is -0.160. The molecule has 0 spiro atoms. The van der Waals surface area contributed by atoms with E-state index in [0.717, 1.165) is 26.4 Å². The van der Waals surface area contributed by atoms with Crippen molar-refractivity contribution in [2.45, 2.75) is 6.42 Å². The molecule has 0 unspecified atom stereocenters. The number of nitrogens with one attached hydrogen (secondary N) is 1. The van der Waals surface area contributed by atoms with Gasteiger partial charge in [-0.1, -0.05) is 70.0 Å². The minimum absolute atomic E-state index is 0.160. The molecule has 1 amide bonds. The molecule has 120 valence electrons. The summed E-state index contributed by atoms with van der Waals surface area (Å²) in [7, 11) is 0. The summed E-state index contributed by atoms with van der Waals surface area (Å²) in [6, 6.07) is 19.1. The largest absolute Gasteiger partial charge is 0.273 e. The predicted molar refractivity (Wildman–Crippen MR) is 103 cm³/mol. The Balaban J connectivity index is 1.69. The lowest BCUT2D eigenvalue weighted by Crippen LogP contribution is -2.19. The van der Waals surface area contributed by atoms with Gasteiger partial charge in [0.25, 0.3) is 0 Å². The lowest BCUT2D eigenvalue weighted by atomic mass is 10.0. The first-order chi connectivity index (χ1) is 11.6. The molecule has 3 rings (SSSR count). The number of benzene rings is 3. The van der Waals surface area contributed by atoms with E-state index in [9.17, 15) is 4.79 Å². The zero-order valence-corrected chi connectivity index (χ0v) is 15.0. The summed E-state index contributed by atoms with van der Waals surface area (Å²) in [6.45, 7) is 0. The Morgan fingerprint density at radius 3 is 2.50 bits per heavy atom. The summed E-state index contributed by atoms with van der Waals surface area (Å²) in [6.07, 6.45) is 1.86. The Morgan fingerprint density at radius 1 is 1.04 bits per heavy atom. The quantitative estimate of drug-likeness (QED) is 0.488. The molecule has 1 N–H and O–H groups in total. The number of fused-ring (bicyclic) bond motifs is 1. The predicted octanol–water partition coefficient (Wildman–Crippen LogP) is 4.95. The second kappa shape index (κ2) is 7.60. The van der Waals surface area contributed by atoms with Crippen molar-refractivity contribution in [2.24, 2.45) is 5.10 Å². The zero-order chi connectivity index (χ0) is 16.9. The Labute approximate surface area is 153 Å². The first-order valence-corrected chi connectivity index (χ1v) is 8.54. The molecule has 3 nitrogen and oxygen atoms in total. The van der Waals surface area contributed by atoms with Gasteiger partial charge in [0.05, 0.1) is 12.6 Å². The molecule has 0 aromatic heterocycles. The maximum absolute atomic E-state index is 12.1. The highest BCUT2D eigenvalue weighted by molar-refractivity contribution is 9.10. The highest BCUT2D eigenvalue weighted by Gasteiger charge is 2.08. The van der Waals surface area contributed by atoms with Crippen LogP contribution >= 0.6 is 27.5 Å². The van der Waals surface area contributed by atoms with Gasteiger partial charge in [0, 0.05) is 9.50 Å². The fourth-order valence-electron chi connectivity index (χ4n) is 2.42. The highest BCUT2D eigenvalue weighted by Crippen LogP contribution is 2.27. The Morgan fingerprint density at radius 2 is 1.75 bits per heavy atom. The smallest absolute Gasteiger partial charge is 0.244 e. The summed E-state index contributed by atoms with van der Waals surface area (Å²) < 4.78 is 1.02. The molecule has 0 aliphatic carbocycles. The van der Waals surface area contributed by atoms with E-state index in [2.05, 4.69) is 26.5 Å². The average Bonchev–Trinajstić information content (AvgIpc) is 2.59. The topological polar surface area (TPSA) is 41.5 Å². The van der Waals surface area contributed by atoms with Crippen LogP contribution in [-0.4, -0.2) is 12.1 Å². The van der Waals surface area contributed by atoms with Crippen LogP contribution in [0.5, 0.6) is 0 Å². The van der Waals surface area contributed by atoms with Crippen LogP contribution in [0.2, 0.25) is 5.02 Å². The molecular weight excluding hydrogens is 388 g/mol. The standard InChI is InChI=1S/C19H14BrClN2O/c20-18-10-7-14(16-3-1-2-4-17(16)18)11-19(24)23-22-12-13-5-8-15(21)9-6-13/h1-10,12H,11H2,(H,23,24)/b22-12-. The number of hydrazone groups is 1. The molecule has 5 heteroatoms. The van der Waals surface area contributed by atoms with Gasteiger partial charge in [-0.25, -0.2) is 5.43 Å². The number of carbonyl (C=O) groups excluding carboxylic acids is 1. The summed E-state index contributed by atoms with van der Waals surface area (Å²) in [5, 5.41) is 6.80. The van der Waals surface area contributed by atoms with Crippen LogP contribution in [0.25, 0.3) is 10.8 Å². The van der Waals surface area contributed by atoms with Crippen LogP contribution in [0.1, 0.15) is 11.1 Å². The number of hydrogen-bond donors (Lipinski definition) is 1. The fraction of sp³-hybridized carbons (Fsp3) is 0.0526. The zero-order valence-electron chi connectivity index (χ0n) is 12.7. The van der Waals surface area contributed by atoms with E-state index in [1.54, 1.807) is 18.3 Å². The minimum Gasteiger partial charge on any atom is -0.273 e. The van der Waals surface area contributed by atoms with E-state index < -0.39 is 0 Å². The first-order valence-electron chi connectivity index (χ1n) is 7.37. The van der Waals surface area contributed by atoms with Crippen molar-refractivity contribution in [1.82, 2.24) is 5.43 Å². The van der Waals surface area contributed by atoms with E-state index >= 15 is 0 Å². The maximum Gasteiger partial charge on any atom is 0.244 e. The molecule has 0 heterocycles. The van der Waals surface area contributed by atoms with Gasteiger partial charge < -0.3 is 0 Å². The third-order valence-electron chi connectivity index (χ3n) is 3.59. The van der Waals surface area contributed by atoms with Crippen LogP contribution in [0.4, 0.5) is 0 Å². The number of hydrogen-bond acceptors (Lipinski definition) is 2. The molecule has 0 atom stereocenters. The Hall–Kier alpha value is -2.17. The average molecular weight is 402 g/mol. The van der Waals surface area contributed by atoms with Crippen LogP contribution in [0, 0.1) is 0 Å². The molecule has 3 aromatic rings. The molecule has 0 radical (unpaired) electrons. The Kier molecular flexibility index (Phi) is 5.28. The van der Waals surface area contributed by atoms with Gasteiger partial charge >= 0.3 is 0 Å². The van der Waals surface area contributed by atoms with Gasteiger partial charge in [-0.2, -0.15) is 5.10 Å². The van der Waals surface area contributed by atoms with E-state index in [0.29, 0.717) is 5.02 Å². The molecule has 0 saturated carbocycles. The van der Waals surface area contributed by atoms with Gasteiger partial charge in [0.15, 0.2) is 0 Å². The van der Waals surface area contributed by atoms with Gasteiger partial charge in [0.1, 0.15) is 0 Å². The maximum atomic E-state index is 12.1. The molecular formula is C19H14BrClN2O. The summed E-state index contributed by atoms with van der Waals surface area (Å²) >= 11 is 9.36. The van der Waals surface area contributed by atoms with Crippen LogP contribution < -0.4 is 5.43 Å². The summed E-state index contributed by atoms with van der Waals surface area (Å²) in [4.78, 5) is 12.1. The SMILES string of the molecule is O=C(Cc1ccc(Br)c2ccccc12)N/N=C\c1ccc(Cl)cc1. The second-order valence-corrected chi connectivity index (χ2v) is 6.56. The van der Waals surface area contributed by atoms with Crippen LogP contribution in [0.15, 0.2) is 70.2 Å². The van der Waals surface area contributed by atoms with Crippen molar-refractivity contribution in [1.29, 1.82) is 0 Å². The van der Waals surface area contributed by atoms with Gasteiger partial charge in [-0.05, 0) is 40.1 Å². The van der Waals surface area contributed by atoms with E-state index in [4.69, 9.17) is 11.6 Å². The number of rotatable bonds is 4. The normalized spacial score (nSPS) is 11.1. The molecule has 0 fully saturated rings. The van der Waals surface area contributed by atoms with Crippen molar-refractivity contribution in [3.8, 4) is 0 Å². The second-order valence-electron chi connectivity index (χ2n) is 5.27. The highest BCUT2D eigenvalue weighted by atomic mass is 79.9. The lowest BCUT2D eigenvalue weighted by Gasteiger charge is -2.07. The molecule has 0 aliphatic heterocycles. The molecule has 0 saturated heterocycles. The number of halogens is 2. The number of carbonyl (C=O) groups is 1. The van der Waals surface area contributed by atoms with E-state index in [1.807, 2.05) is 48.5 Å². The summed E-state index contributed by atoms with van der Waals surface area (Å²) in [5.41, 5.74) is 4.39. The Bertz CT molecular complexity index is 907. The van der Waals surface area contributed by atoms with Gasteiger partial charge in [0.2, 0.25) is 5.91 Å². The first kappa shape index (κ1) is 16.7. The van der Waals surface area contributed by atoms with Gasteiger partial charge in [-0.15, -0.1) is 0 Å². The monoisotopic (exact) mass is 400 g/mol. The number of nitrogens with zero attached hydrogens (tertiary/aromatic N) is 1. The lowest BCUT2D eigenvalue weighted by molar-refractivity contribution is -0.120. The van der Waals surface area contributed by atoms with E-state index in [-0.39, 0.29) is 12.3 Å². The van der Waals surface area contributed by atoms with Crippen molar-refractivity contribution >= 4 is 50.4 Å². The third-order valence-corrected chi connectivity index (χ3v) is 4.53. The molecule has 3 aromatic carbocycles. The molecule has 0 bridgehead atoms. The minimum atomic E-state index is -0.160. The van der Waals surface area contributed by atoms with Crippen molar-refractivity contribution in [3.63, 3.8) is 0 Å². The van der Waals surface area contributed by atoms with Crippen molar-refractivity contribution in [2.75, 3.05) is 0 Å². The van der Waals surface area contributed by atoms with E-state index in [1.165, 1.54) is 0 Å². The molecule has 24 heavy (non-hydrogen) atoms. The molecule has 0 aliphatic rings. The van der Waals surface area contributed by atoms with Gasteiger partial charge in [-0.3, -0.25) is 4.79 Å².